The molecule has 0 spiro atoms. The van der Waals surface area contributed by atoms with E-state index in [2.05, 4.69) is 37.8 Å². The zero-order chi connectivity index (χ0) is 11.5. The first-order valence-electron chi connectivity index (χ1n) is 6.41. The molecule has 2 nitrogen and oxygen atoms in total. The highest BCUT2D eigenvalue weighted by Crippen LogP contribution is 2.27. The summed E-state index contributed by atoms with van der Waals surface area (Å²) < 4.78 is 0. The molecule has 0 atom stereocenters. The molecule has 2 heteroatoms. The molecule has 1 aromatic rings. The zero-order valence-electron chi connectivity index (χ0n) is 10.7. The summed E-state index contributed by atoms with van der Waals surface area (Å²) in [6.07, 6.45) is 4.00. The van der Waals surface area contributed by atoms with Crippen molar-refractivity contribution in [2.45, 2.75) is 46.0 Å². The second-order valence-electron chi connectivity index (χ2n) is 5.07. The Morgan fingerprint density at radius 1 is 1.12 bits per heavy atom. The Morgan fingerprint density at radius 2 is 1.81 bits per heavy atom. The van der Waals surface area contributed by atoms with Gasteiger partial charge in [0.1, 0.15) is 5.82 Å². The van der Waals surface area contributed by atoms with Crippen molar-refractivity contribution in [2.75, 3.05) is 18.0 Å². The van der Waals surface area contributed by atoms with Crippen LogP contribution in [0.4, 0.5) is 5.82 Å². The van der Waals surface area contributed by atoms with Crippen LogP contribution in [0.2, 0.25) is 0 Å². The predicted molar refractivity (Wildman–Crippen MR) is 69.1 cm³/mol. The lowest BCUT2D eigenvalue weighted by molar-refractivity contribution is 0.570. The van der Waals surface area contributed by atoms with Crippen LogP contribution in [0, 0.1) is 6.92 Å². The number of anilines is 1. The van der Waals surface area contributed by atoms with E-state index < -0.39 is 0 Å². The lowest BCUT2D eigenvalue weighted by Crippen LogP contribution is -2.31. The minimum Gasteiger partial charge on any atom is -0.356 e. The first kappa shape index (κ1) is 11.4. The van der Waals surface area contributed by atoms with Gasteiger partial charge in [-0.2, -0.15) is 0 Å². The van der Waals surface area contributed by atoms with Crippen molar-refractivity contribution in [1.82, 2.24) is 4.98 Å². The molecule has 0 saturated carbocycles. The van der Waals surface area contributed by atoms with E-state index in [9.17, 15) is 0 Å². The van der Waals surface area contributed by atoms with Crippen LogP contribution < -0.4 is 4.90 Å². The van der Waals surface area contributed by atoms with E-state index in [1.54, 1.807) is 0 Å². The molecule has 0 N–H and O–H groups in total. The van der Waals surface area contributed by atoms with E-state index in [-0.39, 0.29) is 0 Å². The molecular weight excluding hydrogens is 196 g/mol. The van der Waals surface area contributed by atoms with Crippen LogP contribution in [0.1, 0.15) is 50.3 Å². The van der Waals surface area contributed by atoms with E-state index in [0.717, 1.165) is 5.69 Å². The predicted octanol–water partition coefficient (Wildman–Crippen LogP) is 3.50. The minimum atomic E-state index is 0.560. The molecule has 0 bridgehead atoms. The van der Waals surface area contributed by atoms with Crippen molar-refractivity contribution in [2.24, 2.45) is 0 Å². The van der Waals surface area contributed by atoms with Gasteiger partial charge in [0.2, 0.25) is 0 Å². The molecule has 2 heterocycles. The van der Waals surface area contributed by atoms with Crippen LogP contribution in [0.25, 0.3) is 0 Å². The molecule has 2 rings (SSSR count). The van der Waals surface area contributed by atoms with Crippen LogP contribution >= 0.6 is 0 Å². The van der Waals surface area contributed by atoms with Gasteiger partial charge in [-0.25, -0.2) is 4.98 Å². The molecule has 0 unspecified atom stereocenters. The third-order valence-corrected chi connectivity index (χ3v) is 3.32. The normalized spacial score (nSPS) is 16.9. The molecule has 1 aliphatic heterocycles. The van der Waals surface area contributed by atoms with Gasteiger partial charge in [-0.05, 0) is 43.7 Å². The SMILES string of the molecule is Cc1ccc(C(C)C)c(N2CCCCC2)n1. The smallest absolute Gasteiger partial charge is 0.132 e. The molecule has 0 aliphatic carbocycles. The summed E-state index contributed by atoms with van der Waals surface area (Å²) in [6.45, 7) is 8.93. The Labute approximate surface area is 98.7 Å². The number of nitrogens with zero attached hydrogens (tertiary/aromatic N) is 2. The fourth-order valence-corrected chi connectivity index (χ4v) is 2.36. The summed E-state index contributed by atoms with van der Waals surface area (Å²) in [5.74, 6) is 1.79. The molecule has 1 aromatic heterocycles. The van der Waals surface area contributed by atoms with Crippen molar-refractivity contribution in [1.29, 1.82) is 0 Å². The van der Waals surface area contributed by atoms with Crippen LogP contribution in [0.5, 0.6) is 0 Å². The Balaban J connectivity index is 2.32. The minimum absolute atomic E-state index is 0.560. The van der Waals surface area contributed by atoms with Crippen LogP contribution in [-0.4, -0.2) is 18.1 Å². The molecule has 0 amide bonds. The number of piperidine rings is 1. The topological polar surface area (TPSA) is 16.1 Å². The molecule has 88 valence electrons. The summed E-state index contributed by atoms with van der Waals surface area (Å²) in [5, 5.41) is 0. The monoisotopic (exact) mass is 218 g/mol. The van der Waals surface area contributed by atoms with E-state index in [1.807, 2.05) is 0 Å². The summed E-state index contributed by atoms with van der Waals surface area (Å²) in [6, 6.07) is 4.37. The fraction of sp³-hybridized carbons (Fsp3) is 0.643. The standard InChI is InChI=1S/C14H22N2/c1-11(2)13-8-7-12(3)15-14(13)16-9-5-4-6-10-16/h7-8,11H,4-6,9-10H2,1-3H3. The van der Waals surface area contributed by atoms with E-state index >= 15 is 0 Å². The number of aryl methyl sites for hydroxylation is 1. The zero-order valence-corrected chi connectivity index (χ0v) is 10.7. The third kappa shape index (κ3) is 2.37. The maximum atomic E-state index is 4.74. The highest BCUT2D eigenvalue weighted by atomic mass is 15.2. The first-order chi connectivity index (χ1) is 7.68. The third-order valence-electron chi connectivity index (χ3n) is 3.32. The Hall–Kier alpha value is -1.05. The van der Waals surface area contributed by atoms with Crippen LogP contribution in [0.3, 0.4) is 0 Å². The van der Waals surface area contributed by atoms with Gasteiger partial charge in [0, 0.05) is 18.8 Å². The van der Waals surface area contributed by atoms with E-state index in [1.165, 1.54) is 43.7 Å². The van der Waals surface area contributed by atoms with Crippen molar-refractivity contribution in [3.8, 4) is 0 Å². The Kier molecular flexibility index (Phi) is 3.47. The van der Waals surface area contributed by atoms with Gasteiger partial charge in [-0.1, -0.05) is 19.9 Å². The van der Waals surface area contributed by atoms with E-state index in [0.29, 0.717) is 5.92 Å². The van der Waals surface area contributed by atoms with Crippen molar-refractivity contribution < 1.29 is 0 Å². The molecule has 1 aliphatic rings. The van der Waals surface area contributed by atoms with Gasteiger partial charge in [0.25, 0.3) is 0 Å². The van der Waals surface area contributed by atoms with Gasteiger partial charge in [-0.15, -0.1) is 0 Å². The second kappa shape index (κ2) is 4.86. The maximum Gasteiger partial charge on any atom is 0.132 e. The second-order valence-corrected chi connectivity index (χ2v) is 5.07. The van der Waals surface area contributed by atoms with Crippen molar-refractivity contribution >= 4 is 5.82 Å². The Morgan fingerprint density at radius 3 is 2.44 bits per heavy atom. The molecule has 0 radical (unpaired) electrons. The molecule has 1 saturated heterocycles. The van der Waals surface area contributed by atoms with Gasteiger partial charge in [0.05, 0.1) is 0 Å². The lowest BCUT2D eigenvalue weighted by Gasteiger charge is -2.30. The summed E-state index contributed by atoms with van der Waals surface area (Å²) in [7, 11) is 0. The number of pyridine rings is 1. The van der Waals surface area contributed by atoms with Crippen molar-refractivity contribution in [3.63, 3.8) is 0 Å². The van der Waals surface area contributed by atoms with Gasteiger partial charge in [-0.3, -0.25) is 0 Å². The summed E-state index contributed by atoms with van der Waals surface area (Å²) in [4.78, 5) is 7.21. The Bertz CT molecular complexity index is 352. The lowest BCUT2D eigenvalue weighted by atomic mass is 10.0. The van der Waals surface area contributed by atoms with Gasteiger partial charge in [0.15, 0.2) is 0 Å². The summed E-state index contributed by atoms with van der Waals surface area (Å²) >= 11 is 0. The average molecular weight is 218 g/mol. The van der Waals surface area contributed by atoms with Crippen molar-refractivity contribution in [3.05, 3.63) is 23.4 Å². The maximum absolute atomic E-state index is 4.74. The van der Waals surface area contributed by atoms with Gasteiger partial charge >= 0.3 is 0 Å². The highest BCUT2D eigenvalue weighted by Gasteiger charge is 2.17. The fourth-order valence-electron chi connectivity index (χ4n) is 2.36. The van der Waals surface area contributed by atoms with E-state index in [4.69, 9.17) is 4.98 Å². The number of aromatic nitrogens is 1. The first-order valence-corrected chi connectivity index (χ1v) is 6.41. The number of rotatable bonds is 2. The van der Waals surface area contributed by atoms with Crippen LogP contribution in [-0.2, 0) is 0 Å². The molecule has 1 fully saturated rings. The quantitative estimate of drug-likeness (QED) is 0.755. The van der Waals surface area contributed by atoms with Gasteiger partial charge < -0.3 is 4.90 Å². The molecule has 16 heavy (non-hydrogen) atoms. The molecule has 0 aromatic carbocycles. The summed E-state index contributed by atoms with van der Waals surface area (Å²) in [5.41, 5.74) is 2.53. The largest absolute Gasteiger partial charge is 0.356 e. The molecular formula is C14H22N2. The highest BCUT2D eigenvalue weighted by molar-refractivity contribution is 5.49. The number of hydrogen-bond acceptors (Lipinski definition) is 2. The number of hydrogen-bond donors (Lipinski definition) is 0. The average Bonchev–Trinajstić information content (AvgIpc) is 2.29. The van der Waals surface area contributed by atoms with Crippen LogP contribution in [0.15, 0.2) is 12.1 Å².